The first-order chi connectivity index (χ1) is 12.8. The van der Waals surface area contributed by atoms with E-state index < -0.39 is 0 Å². The van der Waals surface area contributed by atoms with Gasteiger partial charge in [-0.3, -0.25) is 9.78 Å². The van der Waals surface area contributed by atoms with Crippen LogP contribution < -0.4 is 10.2 Å². The van der Waals surface area contributed by atoms with Crippen molar-refractivity contribution in [3.8, 4) is 11.3 Å². The SMILES string of the molecule is O=C(Nc1cccc(-c2ccc(N3CCCC3)nn2)c1)c1ccccn1. The van der Waals surface area contributed by atoms with Crippen molar-refractivity contribution in [3.05, 3.63) is 66.5 Å². The number of nitrogens with zero attached hydrogens (tertiary/aromatic N) is 4. The summed E-state index contributed by atoms with van der Waals surface area (Å²) in [7, 11) is 0. The predicted molar refractivity (Wildman–Crippen MR) is 101 cm³/mol. The number of aromatic nitrogens is 3. The lowest BCUT2D eigenvalue weighted by Crippen LogP contribution is -2.19. The predicted octanol–water partition coefficient (Wildman–Crippen LogP) is 3.39. The van der Waals surface area contributed by atoms with E-state index in [2.05, 4.69) is 25.4 Å². The summed E-state index contributed by atoms with van der Waals surface area (Å²) in [5.74, 6) is 0.684. The van der Waals surface area contributed by atoms with Crippen LogP contribution in [0.2, 0.25) is 0 Å². The van der Waals surface area contributed by atoms with Gasteiger partial charge >= 0.3 is 0 Å². The van der Waals surface area contributed by atoms with E-state index in [1.165, 1.54) is 12.8 Å². The van der Waals surface area contributed by atoms with Gasteiger partial charge in [0.1, 0.15) is 5.69 Å². The standard InChI is InChI=1S/C20H19N5O/c26-20(18-8-1-2-11-21-18)22-16-7-5-6-15(14-16)17-9-10-19(24-23-17)25-12-3-4-13-25/h1-2,5-11,14H,3-4,12-13H2,(H,22,26). The van der Waals surface area contributed by atoms with Gasteiger partial charge < -0.3 is 10.2 Å². The molecule has 0 aliphatic carbocycles. The van der Waals surface area contributed by atoms with Crippen LogP contribution in [-0.4, -0.2) is 34.2 Å². The van der Waals surface area contributed by atoms with E-state index in [0.29, 0.717) is 11.4 Å². The van der Waals surface area contributed by atoms with Crippen molar-refractivity contribution in [2.45, 2.75) is 12.8 Å². The van der Waals surface area contributed by atoms with E-state index in [-0.39, 0.29) is 5.91 Å². The summed E-state index contributed by atoms with van der Waals surface area (Å²) in [6, 6.07) is 16.8. The summed E-state index contributed by atoms with van der Waals surface area (Å²) in [6.07, 6.45) is 4.02. The Bertz CT molecular complexity index is 890. The number of carbonyl (C=O) groups is 1. The first-order valence-electron chi connectivity index (χ1n) is 8.71. The van der Waals surface area contributed by atoms with Crippen molar-refractivity contribution in [2.75, 3.05) is 23.3 Å². The summed E-state index contributed by atoms with van der Waals surface area (Å²) in [4.78, 5) is 18.6. The van der Waals surface area contributed by atoms with E-state index in [1.54, 1.807) is 24.4 Å². The Morgan fingerprint density at radius 3 is 2.58 bits per heavy atom. The van der Waals surface area contributed by atoms with Crippen LogP contribution >= 0.6 is 0 Å². The van der Waals surface area contributed by atoms with Crippen LogP contribution in [-0.2, 0) is 0 Å². The third-order valence-electron chi connectivity index (χ3n) is 4.39. The van der Waals surface area contributed by atoms with E-state index in [9.17, 15) is 4.79 Å². The molecule has 3 aromatic rings. The highest BCUT2D eigenvalue weighted by Gasteiger charge is 2.14. The molecule has 0 bridgehead atoms. The van der Waals surface area contributed by atoms with Crippen LogP contribution in [0.3, 0.4) is 0 Å². The summed E-state index contributed by atoms with van der Waals surface area (Å²) in [5.41, 5.74) is 2.77. The molecule has 0 saturated carbocycles. The number of benzene rings is 1. The molecular formula is C20H19N5O. The summed E-state index contributed by atoms with van der Waals surface area (Å²) >= 11 is 0. The molecule has 0 atom stereocenters. The van der Waals surface area contributed by atoms with Crippen molar-refractivity contribution in [1.82, 2.24) is 15.2 Å². The quantitative estimate of drug-likeness (QED) is 0.785. The fourth-order valence-electron chi connectivity index (χ4n) is 3.04. The minimum absolute atomic E-state index is 0.238. The third-order valence-corrected chi connectivity index (χ3v) is 4.39. The zero-order chi connectivity index (χ0) is 17.8. The number of carbonyl (C=O) groups excluding carboxylic acids is 1. The van der Waals surface area contributed by atoms with Gasteiger partial charge in [-0.15, -0.1) is 10.2 Å². The van der Waals surface area contributed by atoms with Crippen molar-refractivity contribution in [1.29, 1.82) is 0 Å². The van der Waals surface area contributed by atoms with Crippen molar-refractivity contribution in [3.63, 3.8) is 0 Å². The van der Waals surface area contributed by atoms with Gasteiger partial charge in [-0.2, -0.15) is 0 Å². The van der Waals surface area contributed by atoms with Gasteiger partial charge in [0, 0.05) is 30.5 Å². The van der Waals surface area contributed by atoms with Gasteiger partial charge in [-0.25, -0.2) is 0 Å². The number of rotatable bonds is 4. The fraction of sp³-hybridized carbons (Fsp3) is 0.200. The minimum atomic E-state index is -0.238. The number of nitrogens with one attached hydrogen (secondary N) is 1. The highest BCUT2D eigenvalue weighted by molar-refractivity contribution is 6.03. The molecular weight excluding hydrogens is 326 g/mol. The molecule has 130 valence electrons. The Morgan fingerprint density at radius 1 is 0.962 bits per heavy atom. The number of pyridine rings is 1. The lowest BCUT2D eigenvalue weighted by Gasteiger charge is -2.15. The largest absolute Gasteiger partial charge is 0.355 e. The molecule has 1 aliphatic rings. The average molecular weight is 345 g/mol. The molecule has 1 N–H and O–H groups in total. The van der Waals surface area contributed by atoms with E-state index in [0.717, 1.165) is 30.2 Å². The van der Waals surface area contributed by atoms with Crippen molar-refractivity contribution < 1.29 is 4.79 Å². The molecule has 6 heteroatoms. The summed E-state index contributed by atoms with van der Waals surface area (Å²) in [6.45, 7) is 2.09. The van der Waals surface area contributed by atoms with Gasteiger partial charge in [0.15, 0.2) is 5.82 Å². The topological polar surface area (TPSA) is 71.0 Å². The molecule has 2 aromatic heterocycles. The van der Waals surface area contributed by atoms with Crippen LogP contribution in [0.25, 0.3) is 11.3 Å². The van der Waals surface area contributed by atoms with Gasteiger partial charge in [0.05, 0.1) is 5.69 Å². The fourth-order valence-corrected chi connectivity index (χ4v) is 3.04. The maximum Gasteiger partial charge on any atom is 0.274 e. The van der Waals surface area contributed by atoms with E-state index >= 15 is 0 Å². The number of hydrogen-bond donors (Lipinski definition) is 1. The highest BCUT2D eigenvalue weighted by atomic mass is 16.1. The molecule has 26 heavy (non-hydrogen) atoms. The van der Waals surface area contributed by atoms with E-state index in [1.807, 2.05) is 36.4 Å². The van der Waals surface area contributed by atoms with Gasteiger partial charge in [0.2, 0.25) is 0 Å². The normalized spacial score (nSPS) is 13.6. The molecule has 1 saturated heterocycles. The zero-order valence-electron chi connectivity index (χ0n) is 14.3. The Hall–Kier alpha value is -3.28. The smallest absolute Gasteiger partial charge is 0.274 e. The molecule has 4 rings (SSSR count). The van der Waals surface area contributed by atoms with Gasteiger partial charge in [-0.1, -0.05) is 18.2 Å². The minimum Gasteiger partial charge on any atom is -0.355 e. The van der Waals surface area contributed by atoms with Gasteiger partial charge in [-0.05, 0) is 49.2 Å². The Labute approximate surface area is 151 Å². The molecule has 1 aromatic carbocycles. The molecule has 0 spiro atoms. The highest BCUT2D eigenvalue weighted by Crippen LogP contribution is 2.23. The van der Waals surface area contributed by atoms with Crippen LogP contribution in [0.1, 0.15) is 23.3 Å². The van der Waals surface area contributed by atoms with Crippen LogP contribution in [0, 0.1) is 0 Å². The Morgan fingerprint density at radius 2 is 1.85 bits per heavy atom. The summed E-state index contributed by atoms with van der Waals surface area (Å²) in [5, 5.41) is 11.6. The van der Waals surface area contributed by atoms with Crippen molar-refractivity contribution in [2.24, 2.45) is 0 Å². The maximum atomic E-state index is 12.2. The second-order valence-corrected chi connectivity index (χ2v) is 6.22. The molecule has 1 amide bonds. The lowest BCUT2D eigenvalue weighted by atomic mass is 10.1. The molecule has 0 unspecified atom stereocenters. The Kier molecular flexibility index (Phi) is 4.55. The molecule has 1 aliphatic heterocycles. The lowest BCUT2D eigenvalue weighted by molar-refractivity contribution is 0.102. The van der Waals surface area contributed by atoms with E-state index in [4.69, 9.17) is 0 Å². The number of amides is 1. The van der Waals surface area contributed by atoms with Crippen LogP contribution in [0.5, 0.6) is 0 Å². The number of anilines is 2. The molecule has 1 fully saturated rings. The third kappa shape index (κ3) is 3.54. The summed E-state index contributed by atoms with van der Waals surface area (Å²) < 4.78 is 0. The van der Waals surface area contributed by atoms with Crippen molar-refractivity contribution >= 4 is 17.4 Å². The second kappa shape index (κ2) is 7.31. The molecule has 6 nitrogen and oxygen atoms in total. The van der Waals surface area contributed by atoms with Crippen LogP contribution in [0.15, 0.2) is 60.8 Å². The average Bonchev–Trinajstić information content (AvgIpc) is 3.24. The second-order valence-electron chi connectivity index (χ2n) is 6.22. The molecule has 0 radical (unpaired) electrons. The zero-order valence-corrected chi connectivity index (χ0v) is 14.3. The number of hydrogen-bond acceptors (Lipinski definition) is 5. The first-order valence-corrected chi connectivity index (χ1v) is 8.71. The molecule has 3 heterocycles. The first kappa shape index (κ1) is 16.2. The maximum absolute atomic E-state index is 12.2. The monoisotopic (exact) mass is 345 g/mol. The van der Waals surface area contributed by atoms with Gasteiger partial charge in [0.25, 0.3) is 5.91 Å². The Balaban J connectivity index is 1.51. The van der Waals surface area contributed by atoms with Crippen LogP contribution in [0.4, 0.5) is 11.5 Å².